The molecule has 0 fully saturated rings. The zero-order chi connectivity index (χ0) is 18.1. The maximum atomic E-state index is 10.1. The highest BCUT2D eigenvalue weighted by Crippen LogP contribution is 2.17. The Morgan fingerprint density at radius 3 is 1.54 bits per heavy atom. The molecule has 0 aliphatic carbocycles. The zero-order valence-electron chi connectivity index (χ0n) is 16.9. The quantitative estimate of drug-likeness (QED) is 0.176. The van der Waals surface area contributed by atoms with Crippen LogP contribution < -0.4 is 0 Å². The maximum Gasteiger partial charge on any atom is 0.116 e. The number of aliphatic hydroxyl groups excluding tert-OH is 1. The summed E-state index contributed by atoms with van der Waals surface area (Å²) in [5.41, 5.74) is 0. The van der Waals surface area contributed by atoms with E-state index in [1.165, 1.54) is 96.7 Å². The van der Waals surface area contributed by atoms with Crippen LogP contribution in [0.25, 0.3) is 0 Å². The van der Waals surface area contributed by atoms with Gasteiger partial charge in [0.15, 0.2) is 0 Å². The molecule has 1 N–H and O–H groups in total. The molecule has 24 heavy (non-hydrogen) atoms. The summed E-state index contributed by atoms with van der Waals surface area (Å²) >= 11 is 5.86. The fraction of sp³-hybridized carbons (Fsp3) is 1.00. The molecule has 1 unspecified atom stereocenters. The van der Waals surface area contributed by atoms with Gasteiger partial charge in [-0.1, -0.05) is 72.1 Å². The summed E-state index contributed by atoms with van der Waals surface area (Å²) in [7, 11) is 0. The van der Waals surface area contributed by atoms with Gasteiger partial charge in [0.25, 0.3) is 0 Å². The second-order valence-electron chi connectivity index (χ2n) is 7.69. The van der Waals surface area contributed by atoms with Crippen LogP contribution in [0.4, 0.5) is 0 Å². The van der Waals surface area contributed by atoms with Crippen LogP contribution in [-0.2, 0) is 0 Å². The largest absolute Gasteiger partial charge is 0.386 e. The lowest BCUT2D eigenvalue weighted by Gasteiger charge is -2.40. The van der Waals surface area contributed by atoms with Crippen LogP contribution >= 0.6 is 11.6 Å². The van der Waals surface area contributed by atoms with Gasteiger partial charge < -0.3 is 9.59 Å². The van der Waals surface area contributed by atoms with Crippen molar-refractivity contribution in [1.82, 2.24) is 0 Å². The van der Waals surface area contributed by atoms with Crippen molar-refractivity contribution in [1.29, 1.82) is 0 Å². The highest BCUT2D eigenvalue weighted by atomic mass is 35.5. The van der Waals surface area contributed by atoms with E-state index in [0.717, 1.165) is 11.0 Å². The number of hydrogen-bond donors (Lipinski definition) is 1. The van der Waals surface area contributed by atoms with Crippen LogP contribution in [-0.4, -0.2) is 47.8 Å². The first-order chi connectivity index (χ1) is 11.6. The van der Waals surface area contributed by atoms with Crippen molar-refractivity contribution in [2.45, 2.75) is 104 Å². The van der Waals surface area contributed by atoms with Gasteiger partial charge in [0.05, 0.1) is 25.5 Å². The number of alkyl halides is 1. The van der Waals surface area contributed by atoms with Crippen molar-refractivity contribution in [3.8, 4) is 0 Å². The van der Waals surface area contributed by atoms with Gasteiger partial charge in [0.1, 0.15) is 12.6 Å². The average molecular weight is 363 g/mol. The summed E-state index contributed by atoms with van der Waals surface area (Å²) < 4.78 is 1.07. The monoisotopic (exact) mass is 362 g/mol. The fourth-order valence-corrected chi connectivity index (χ4v) is 4.09. The first kappa shape index (κ1) is 24.2. The minimum Gasteiger partial charge on any atom is -0.386 e. The Bertz CT molecular complexity index is 254. The van der Waals surface area contributed by atoms with Gasteiger partial charge in [-0.05, 0) is 25.7 Å². The molecule has 0 aromatic rings. The summed E-state index contributed by atoms with van der Waals surface area (Å²) in [6, 6.07) is 0. The third-order valence-corrected chi connectivity index (χ3v) is 5.51. The highest BCUT2D eigenvalue weighted by Gasteiger charge is 2.28. The molecule has 146 valence electrons. The Balaban J connectivity index is 3.96. The van der Waals surface area contributed by atoms with Gasteiger partial charge in [-0.25, -0.2) is 0 Å². The predicted molar refractivity (Wildman–Crippen MR) is 109 cm³/mol. The molecular weight excluding hydrogens is 318 g/mol. The van der Waals surface area contributed by atoms with Crippen LogP contribution in [0.3, 0.4) is 0 Å². The Labute approximate surface area is 157 Å². The number of rotatable bonds is 18. The van der Waals surface area contributed by atoms with Crippen LogP contribution in [0.15, 0.2) is 0 Å². The highest BCUT2D eigenvalue weighted by molar-refractivity contribution is 6.18. The molecule has 0 aromatic heterocycles. The maximum absolute atomic E-state index is 10.1. The molecule has 2 nitrogen and oxygen atoms in total. The van der Waals surface area contributed by atoms with Crippen LogP contribution in [0, 0.1) is 0 Å². The molecule has 0 spiro atoms. The SMILES string of the molecule is CCCCCCCCCCCC[N+](CCC)(CCC)CC(O)CCl. The molecule has 0 radical (unpaired) electrons. The van der Waals surface area contributed by atoms with Crippen molar-refractivity contribution < 1.29 is 9.59 Å². The zero-order valence-corrected chi connectivity index (χ0v) is 17.6. The standard InChI is InChI=1S/C21H45ClNO/c1-4-7-8-9-10-11-12-13-14-15-18-23(16-5-2,17-6-3)20-21(24)19-22/h21,24H,4-20H2,1-3H3/q+1. The van der Waals surface area contributed by atoms with E-state index in [0.29, 0.717) is 5.88 Å². The van der Waals surface area contributed by atoms with E-state index in [9.17, 15) is 5.11 Å². The first-order valence-electron chi connectivity index (χ1n) is 10.7. The average Bonchev–Trinajstić information content (AvgIpc) is 2.57. The lowest BCUT2D eigenvalue weighted by molar-refractivity contribution is -0.931. The van der Waals surface area contributed by atoms with Gasteiger partial charge in [-0.15, -0.1) is 11.6 Å². The van der Waals surface area contributed by atoms with E-state index in [1.54, 1.807) is 0 Å². The van der Waals surface area contributed by atoms with Gasteiger partial charge in [-0.3, -0.25) is 0 Å². The smallest absolute Gasteiger partial charge is 0.116 e. The Morgan fingerprint density at radius 2 is 1.12 bits per heavy atom. The Kier molecular flexibility index (Phi) is 16.8. The third-order valence-electron chi connectivity index (χ3n) is 5.16. The lowest BCUT2D eigenvalue weighted by atomic mass is 10.1. The van der Waals surface area contributed by atoms with Crippen molar-refractivity contribution in [2.24, 2.45) is 0 Å². The molecule has 0 bridgehead atoms. The van der Waals surface area contributed by atoms with E-state index < -0.39 is 0 Å². The Morgan fingerprint density at radius 1 is 0.667 bits per heavy atom. The fourth-order valence-electron chi connectivity index (χ4n) is 3.99. The summed E-state index contributed by atoms with van der Waals surface area (Å²) in [4.78, 5) is 0. The second kappa shape index (κ2) is 16.7. The number of halogens is 1. The van der Waals surface area contributed by atoms with Crippen molar-refractivity contribution in [3.05, 3.63) is 0 Å². The third kappa shape index (κ3) is 12.6. The molecule has 0 rings (SSSR count). The predicted octanol–water partition coefficient (Wildman–Crippen LogP) is 6.14. The lowest BCUT2D eigenvalue weighted by Crippen LogP contribution is -2.54. The van der Waals surface area contributed by atoms with E-state index in [-0.39, 0.29) is 6.10 Å². The van der Waals surface area contributed by atoms with E-state index in [2.05, 4.69) is 20.8 Å². The molecule has 0 aliphatic rings. The topological polar surface area (TPSA) is 20.2 Å². The molecule has 0 aliphatic heterocycles. The molecule has 0 saturated heterocycles. The van der Waals surface area contributed by atoms with Crippen molar-refractivity contribution >= 4 is 11.6 Å². The molecular formula is C21H45ClNO+. The summed E-state index contributed by atoms with van der Waals surface area (Å²) in [6.07, 6.45) is 15.9. The van der Waals surface area contributed by atoms with Gasteiger partial charge >= 0.3 is 0 Å². The second-order valence-corrected chi connectivity index (χ2v) is 7.99. The molecule has 3 heteroatoms. The first-order valence-corrected chi connectivity index (χ1v) is 11.3. The minimum atomic E-state index is -0.354. The van der Waals surface area contributed by atoms with Crippen molar-refractivity contribution in [2.75, 3.05) is 32.1 Å². The van der Waals surface area contributed by atoms with Gasteiger partial charge in [0, 0.05) is 0 Å². The van der Waals surface area contributed by atoms with Crippen molar-refractivity contribution in [3.63, 3.8) is 0 Å². The van der Waals surface area contributed by atoms with Crippen LogP contribution in [0.1, 0.15) is 97.8 Å². The van der Waals surface area contributed by atoms with E-state index >= 15 is 0 Å². The minimum absolute atomic E-state index is 0.354. The number of quaternary nitrogens is 1. The molecule has 0 heterocycles. The Hall–Kier alpha value is 0.210. The van der Waals surface area contributed by atoms with Crippen LogP contribution in [0.5, 0.6) is 0 Å². The molecule has 0 aromatic carbocycles. The number of nitrogens with zero attached hydrogens (tertiary/aromatic N) is 1. The van der Waals surface area contributed by atoms with Crippen LogP contribution in [0.2, 0.25) is 0 Å². The molecule has 1 atom stereocenters. The summed E-state index contributed by atoms with van der Waals surface area (Å²) in [5.74, 6) is 0.367. The number of aliphatic hydroxyl groups is 1. The van der Waals surface area contributed by atoms with E-state index in [1.807, 2.05) is 0 Å². The van der Waals surface area contributed by atoms with Gasteiger partial charge in [0.2, 0.25) is 0 Å². The van der Waals surface area contributed by atoms with E-state index in [4.69, 9.17) is 11.6 Å². The number of unbranched alkanes of at least 4 members (excludes halogenated alkanes) is 9. The normalized spacial score (nSPS) is 13.4. The van der Waals surface area contributed by atoms with Gasteiger partial charge in [-0.2, -0.15) is 0 Å². The molecule has 0 saturated carbocycles. The molecule has 0 amide bonds. The number of hydrogen-bond acceptors (Lipinski definition) is 1. The summed E-state index contributed by atoms with van der Waals surface area (Å²) in [5, 5.41) is 10.1. The summed E-state index contributed by atoms with van der Waals surface area (Å²) in [6.45, 7) is 11.2.